The molecule has 1 heterocycles. The van der Waals surface area contributed by atoms with Gasteiger partial charge in [-0.25, -0.2) is 27.3 Å². The van der Waals surface area contributed by atoms with E-state index in [-0.39, 0.29) is 4.90 Å². The summed E-state index contributed by atoms with van der Waals surface area (Å²) in [6, 6.07) is 5.56. The summed E-state index contributed by atoms with van der Waals surface area (Å²) < 4.78 is 26.2. The predicted octanol–water partition coefficient (Wildman–Crippen LogP) is -0.208. The van der Waals surface area contributed by atoms with Gasteiger partial charge in [0.2, 0.25) is 0 Å². The number of nitrogens with one attached hydrogen (secondary N) is 2. The number of rotatable bonds is 2. The zero-order valence-electron chi connectivity index (χ0n) is 10.9. The molecule has 1 aromatic heterocycles. The van der Waals surface area contributed by atoms with Gasteiger partial charge in [0.1, 0.15) is 0 Å². The van der Waals surface area contributed by atoms with Gasteiger partial charge in [-0.3, -0.25) is 9.78 Å². The minimum absolute atomic E-state index is 0.112. The lowest BCUT2D eigenvalue weighted by atomic mass is 10.2. The van der Waals surface area contributed by atoms with E-state index >= 15 is 0 Å². The number of benzene rings is 1. The van der Waals surface area contributed by atoms with Gasteiger partial charge in [-0.15, -0.1) is 0 Å². The number of nitrogens with zero attached hydrogens (tertiary/aromatic N) is 1. The van der Waals surface area contributed by atoms with Crippen molar-refractivity contribution in [2.45, 2.75) is 11.8 Å². The molecule has 0 aliphatic heterocycles. The second-order valence-electron chi connectivity index (χ2n) is 4.20. The van der Waals surface area contributed by atoms with Gasteiger partial charge in [0.15, 0.2) is 0 Å². The van der Waals surface area contributed by atoms with Gasteiger partial charge in [0, 0.05) is 12.3 Å². The molecule has 1 aromatic carbocycles. The average molecular weight is 309 g/mol. The van der Waals surface area contributed by atoms with E-state index in [2.05, 4.69) is 0 Å². The maximum absolute atomic E-state index is 12.0. The molecule has 110 valence electrons. The van der Waals surface area contributed by atoms with Gasteiger partial charge in [0.05, 0.1) is 4.90 Å². The van der Waals surface area contributed by atoms with E-state index in [9.17, 15) is 22.8 Å². The minimum atomic E-state index is -4.10. The van der Waals surface area contributed by atoms with Crippen LogP contribution in [0.15, 0.2) is 51.0 Å². The largest absolute Gasteiger partial charge is 0.343 e. The second kappa shape index (κ2) is 5.37. The Morgan fingerprint density at radius 2 is 1.76 bits per heavy atom. The Hall–Kier alpha value is -2.68. The van der Waals surface area contributed by atoms with Crippen LogP contribution in [-0.4, -0.2) is 24.0 Å². The van der Waals surface area contributed by atoms with Crippen LogP contribution in [0.5, 0.6) is 0 Å². The number of H-pyrrole nitrogens is 1. The fraction of sp³-hybridized carbons (Fsp3) is 0.0833. The van der Waals surface area contributed by atoms with Crippen molar-refractivity contribution in [2.24, 2.45) is 0 Å². The lowest BCUT2D eigenvalue weighted by Gasteiger charge is -2.08. The van der Waals surface area contributed by atoms with Gasteiger partial charge in [0.25, 0.3) is 15.6 Å². The molecule has 0 unspecified atom stereocenters. The number of amides is 1. The zero-order chi connectivity index (χ0) is 15.6. The normalized spacial score (nSPS) is 11.1. The molecule has 1 amide bonds. The van der Waals surface area contributed by atoms with Crippen LogP contribution < -0.4 is 16.0 Å². The van der Waals surface area contributed by atoms with E-state index in [4.69, 9.17) is 0 Å². The molecule has 0 saturated heterocycles. The van der Waals surface area contributed by atoms with Crippen LogP contribution in [0.1, 0.15) is 5.56 Å². The Balaban J connectivity index is 2.32. The third-order valence-corrected chi connectivity index (χ3v) is 3.93. The Morgan fingerprint density at radius 1 is 1.14 bits per heavy atom. The van der Waals surface area contributed by atoms with Crippen LogP contribution in [0.4, 0.5) is 4.79 Å². The third kappa shape index (κ3) is 3.26. The van der Waals surface area contributed by atoms with E-state index in [0.717, 1.165) is 17.8 Å². The first kappa shape index (κ1) is 14.7. The molecule has 8 nitrogen and oxygen atoms in total. The monoisotopic (exact) mass is 309 g/mol. The Labute approximate surface area is 119 Å². The van der Waals surface area contributed by atoms with Crippen molar-refractivity contribution in [3.63, 3.8) is 0 Å². The van der Waals surface area contributed by atoms with Crippen LogP contribution in [-0.2, 0) is 10.0 Å². The second-order valence-corrected chi connectivity index (χ2v) is 5.89. The van der Waals surface area contributed by atoms with Crippen LogP contribution in [0, 0.1) is 6.92 Å². The van der Waals surface area contributed by atoms with Crippen molar-refractivity contribution in [3.05, 3.63) is 62.9 Å². The highest BCUT2D eigenvalue weighted by atomic mass is 32.2. The molecule has 9 heteroatoms. The molecule has 2 N–H and O–H groups in total. The highest BCUT2D eigenvalue weighted by Crippen LogP contribution is 2.09. The molecule has 0 radical (unpaired) electrons. The van der Waals surface area contributed by atoms with Crippen LogP contribution in [0.3, 0.4) is 0 Å². The maximum atomic E-state index is 12.0. The summed E-state index contributed by atoms with van der Waals surface area (Å²) in [7, 11) is -4.10. The van der Waals surface area contributed by atoms with E-state index in [1.807, 2.05) is 4.98 Å². The number of aromatic nitrogens is 2. The predicted molar refractivity (Wildman–Crippen MR) is 73.6 cm³/mol. The Bertz CT molecular complexity index is 893. The first-order valence-electron chi connectivity index (χ1n) is 5.75. The molecule has 0 saturated carbocycles. The molecule has 0 bridgehead atoms. The van der Waals surface area contributed by atoms with Crippen LogP contribution in [0.25, 0.3) is 0 Å². The maximum Gasteiger partial charge on any atom is 0.343 e. The first-order chi connectivity index (χ1) is 9.79. The number of hydrogen-bond donors (Lipinski definition) is 2. The zero-order valence-corrected chi connectivity index (χ0v) is 11.7. The van der Waals surface area contributed by atoms with Gasteiger partial charge >= 0.3 is 11.7 Å². The van der Waals surface area contributed by atoms with Crippen molar-refractivity contribution in [3.8, 4) is 0 Å². The number of aromatic amines is 1. The molecule has 2 aromatic rings. The summed E-state index contributed by atoms with van der Waals surface area (Å²) >= 11 is 0. The summed E-state index contributed by atoms with van der Waals surface area (Å²) in [5.74, 6) is 0. The average Bonchev–Trinajstić information content (AvgIpc) is 2.38. The van der Waals surface area contributed by atoms with Crippen LogP contribution >= 0.6 is 0 Å². The SMILES string of the molecule is Cc1ccc(S(=O)(=O)NC(=O)n2ccc(=O)[nH]c2=O)cc1. The number of sulfonamides is 1. The van der Waals surface area contributed by atoms with E-state index < -0.39 is 27.3 Å². The quantitative estimate of drug-likeness (QED) is 0.796. The van der Waals surface area contributed by atoms with Crippen molar-refractivity contribution < 1.29 is 13.2 Å². The van der Waals surface area contributed by atoms with E-state index in [1.165, 1.54) is 12.1 Å². The standard InChI is InChI=1S/C12H11N3O5S/c1-8-2-4-9(5-3-8)21(19,20)14-12(18)15-7-6-10(16)13-11(15)17/h2-7H,1H3,(H,14,18)(H,13,16,17). The molecular formula is C12H11N3O5S. The van der Waals surface area contributed by atoms with E-state index in [1.54, 1.807) is 23.8 Å². The van der Waals surface area contributed by atoms with Gasteiger partial charge in [-0.05, 0) is 19.1 Å². The number of aryl methyl sites for hydroxylation is 1. The van der Waals surface area contributed by atoms with Crippen molar-refractivity contribution in [1.82, 2.24) is 14.3 Å². The lowest BCUT2D eigenvalue weighted by Crippen LogP contribution is -2.41. The summed E-state index contributed by atoms with van der Waals surface area (Å²) in [5, 5.41) is 0. The molecule has 0 fully saturated rings. The number of hydrogen-bond acceptors (Lipinski definition) is 5. The van der Waals surface area contributed by atoms with Crippen molar-refractivity contribution >= 4 is 16.1 Å². The van der Waals surface area contributed by atoms with E-state index in [0.29, 0.717) is 4.57 Å². The summed E-state index contributed by atoms with van der Waals surface area (Å²) in [5.41, 5.74) is -0.860. The Morgan fingerprint density at radius 3 is 2.33 bits per heavy atom. The highest BCUT2D eigenvalue weighted by Gasteiger charge is 2.19. The van der Waals surface area contributed by atoms with Crippen molar-refractivity contribution in [1.29, 1.82) is 0 Å². The molecule has 2 rings (SSSR count). The highest BCUT2D eigenvalue weighted by molar-refractivity contribution is 7.90. The topological polar surface area (TPSA) is 118 Å². The smallest absolute Gasteiger partial charge is 0.274 e. The van der Waals surface area contributed by atoms with Crippen LogP contribution in [0.2, 0.25) is 0 Å². The molecule has 0 atom stereocenters. The Kier molecular flexibility index (Phi) is 3.76. The fourth-order valence-corrected chi connectivity index (χ4v) is 2.46. The molecular weight excluding hydrogens is 298 g/mol. The number of carbonyl (C=O) groups is 1. The third-order valence-electron chi connectivity index (χ3n) is 2.60. The van der Waals surface area contributed by atoms with Crippen molar-refractivity contribution in [2.75, 3.05) is 0 Å². The molecule has 21 heavy (non-hydrogen) atoms. The number of carbonyl (C=O) groups excluding carboxylic acids is 1. The van der Waals surface area contributed by atoms with Gasteiger partial charge in [-0.1, -0.05) is 17.7 Å². The molecule has 0 aliphatic carbocycles. The van der Waals surface area contributed by atoms with Gasteiger partial charge in [-0.2, -0.15) is 0 Å². The minimum Gasteiger partial charge on any atom is -0.274 e. The first-order valence-corrected chi connectivity index (χ1v) is 7.24. The summed E-state index contributed by atoms with van der Waals surface area (Å²) in [6.07, 6.45) is 0.890. The molecule has 0 aliphatic rings. The van der Waals surface area contributed by atoms with Gasteiger partial charge < -0.3 is 0 Å². The lowest BCUT2D eigenvalue weighted by molar-refractivity contribution is 0.246. The fourth-order valence-electron chi connectivity index (χ4n) is 1.52. The summed E-state index contributed by atoms with van der Waals surface area (Å²) in [4.78, 5) is 35.8. The molecule has 0 spiro atoms. The summed E-state index contributed by atoms with van der Waals surface area (Å²) in [6.45, 7) is 1.79.